The van der Waals surface area contributed by atoms with Gasteiger partial charge in [0.25, 0.3) is 0 Å². The molecule has 0 aromatic carbocycles. The molecular formula is C11H13F2N5OS. The van der Waals surface area contributed by atoms with Crippen LogP contribution < -0.4 is 5.73 Å². The third kappa shape index (κ3) is 3.03. The van der Waals surface area contributed by atoms with Crippen LogP contribution in [0.3, 0.4) is 0 Å². The molecule has 0 saturated carbocycles. The molecule has 20 heavy (non-hydrogen) atoms. The number of aromatic nitrogens is 3. The van der Waals surface area contributed by atoms with Crippen molar-refractivity contribution in [3.63, 3.8) is 0 Å². The zero-order valence-corrected chi connectivity index (χ0v) is 11.5. The molecule has 6 nitrogen and oxygen atoms in total. The van der Waals surface area contributed by atoms with E-state index in [-0.39, 0.29) is 12.2 Å². The summed E-state index contributed by atoms with van der Waals surface area (Å²) in [6.45, 7) is 2.31. The van der Waals surface area contributed by atoms with Crippen molar-refractivity contribution >= 4 is 23.6 Å². The summed E-state index contributed by atoms with van der Waals surface area (Å²) in [4.78, 5) is 14.1. The smallest absolute Gasteiger partial charge is 0.227 e. The highest BCUT2D eigenvalue weighted by molar-refractivity contribution is 7.99. The number of hydrogen-bond donors (Lipinski definition) is 1. The third-order valence-electron chi connectivity index (χ3n) is 2.75. The molecule has 2 heterocycles. The van der Waals surface area contributed by atoms with E-state index in [0.29, 0.717) is 17.5 Å². The van der Waals surface area contributed by atoms with Gasteiger partial charge in [0.05, 0.1) is 17.9 Å². The first-order valence-electron chi connectivity index (χ1n) is 5.94. The Morgan fingerprint density at radius 3 is 2.95 bits per heavy atom. The number of carbonyl (C=O) groups is 1. The number of amides is 1. The summed E-state index contributed by atoms with van der Waals surface area (Å²) in [6, 6.07) is 0. The van der Waals surface area contributed by atoms with Gasteiger partial charge >= 0.3 is 0 Å². The average molecular weight is 301 g/mol. The minimum atomic E-state index is -0.831. The predicted molar refractivity (Wildman–Crippen MR) is 70.7 cm³/mol. The van der Waals surface area contributed by atoms with E-state index in [1.165, 1.54) is 0 Å². The third-order valence-corrected chi connectivity index (χ3v) is 3.74. The fraction of sp³-hybridized carbons (Fsp3) is 0.455. The first-order valence-corrected chi connectivity index (χ1v) is 6.93. The first-order chi connectivity index (χ1) is 9.52. The number of rotatable bonds is 5. The van der Waals surface area contributed by atoms with E-state index in [9.17, 15) is 13.6 Å². The lowest BCUT2D eigenvalue weighted by molar-refractivity contribution is -0.115. The number of allylic oxidation sites excluding steroid dienone is 1. The van der Waals surface area contributed by atoms with Crippen molar-refractivity contribution < 1.29 is 13.6 Å². The van der Waals surface area contributed by atoms with Gasteiger partial charge in [-0.05, 0) is 6.92 Å². The maximum atomic E-state index is 13.8. The molecule has 1 aliphatic heterocycles. The largest absolute Gasteiger partial charge is 0.369 e. The van der Waals surface area contributed by atoms with Gasteiger partial charge in [0.2, 0.25) is 5.91 Å². The highest BCUT2D eigenvalue weighted by Gasteiger charge is 2.28. The van der Waals surface area contributed by atoms with E-state index in [1.54, 1.807) is 4.57 Å². The molecule has 1 atom stereocenters. The minimum Gasteiger partial charge on any atom is -0.369 e. The lowest BCUT2D eigenvalue weighted by atomic mass is 10.0. The van der Waals surface area contributed by atoms with Gasteiger partial charge in [0.1, 0.15) is 11.7 Å². The maximum absolute atomic E-state index is 13.8. The number of primary amides is 1. The van der Waals surface area contributed by atoms with E-state index >= 15 is 0 Å². The Labute approximate surface area is 118 Å². The first kappa shape index (κ1) is 14.6. The summed E-state index contributed by atoms with van der Waals surface area (Å²) >= 11 is 1.12. The second kappa shape index (κ2) is 6.12. The van der Waals surface area contributed by atoms with E-state index in [2.05, 4.69) is 15.2 Å². The molecule has 1 aromatic heterocycles. The summed E-state index contributed by atoms with van der Waals surface area (Å²) < 4.78 is 28.6. The second-order valence-electron chi connectivity index (χ2n) is 4.12. The quantitative estimate of drug-likeness (QED) is 0.836. The fourth-order valence-electron chi connectivity index (χ4n) is 1.85. The Morgan fingerprint density at radius 1 is 1.55 bits per heavy atom. The van der Waals surface area contributed by atoms with Crippen LogP contribution >= 0.6 is 11.8 Å². The molecule has 1 unspecified atom stereocenters. The van der Waals surface area contributed by atoms with Crippen molar-refractivity contribution in [1.29, 1.82) is 0 Å². The fourth-order valence-corrected chi connectivity index (χ4v) is 2.60. The number of halogens is 2. The molecular weight excluding hydrogens is 288 g/mol. The zero-order valence-electron chi connectivity index (χ0n) is 10.7. The minimum absolute atomic E-state index is 0.0525. The lowest BCUT2D eigenvalue weighted by Crippen LogP contribution is -2.16. The summed E-state index contributed by atoms with van der Waals surface area (Å²) in [6.07, 6.45) is 0.676. The zero-order chi connectivity index (χ0) is 14.7. The van der Waals surface area contributed by atoms with Gasteiger partial charge in [-0.15, -0.1) is 10.2 Å². The lowest BCUT2D eigenvalue weighted by Gasteiger charge is -2.16. The van der Waals surface area contributed by atoms with Crippen LogP contribution in [0.2, 0.25) is 0 Å². The molecule has 0 aliphatic carbocycles. The molecule has 2 N–H and O–H groups in total. The second-order valence-corrected chi connectivity index (χ2v) is 5.06. The van der Waals surface area contributed by atoms with Gasteiger partial charge in [-0.1, -0.05) is 11.8 Å². The number of nitrogens with two attached hydrogens (primary N) is 1. The highest BCUT2D eigenvalue weighted by atomic mass is 32.2. The highest BCUT2D eigenvalue weighted by Crippen LogP contribution is 2.33. The molecule has 2 rings (SSSR count). The Balaban J connectivity index is 2.27. The topological polar surface area (TPSA) is 86.2 Å². The molecule has 0 bridgehead atoms. The van der Waals surface area contributed by atoms with Crippen molar-refractivity contribution in [3.05, 3.63) is 17.9 Å². The van der Waals surface area contributed by atoms with Gasteiger partial charge in [0, 0.05) is 13.0 Å². The van der Waals surface area contributed by atoms with Crippen LogP contribution in [0.1, 0.15) is 25.1 Å². The van der Waals surface area contributed by atoms with Crippen LogP contribution in [0.4, 0.5) is 8.78 Å². The molecule has 1 aliphatic rings. The van der Waals surface area contributed by atoms with Crippen LogP contribution in [0.15, 0.2) is 22.2 Å². The van der Waals surface area contributed by atoms with Crippen LogP contribution in [-0.2, 0) is 11.3 Å². The van der Waals surface area contributed by atoms with Crippen LogP contribution in [-0.4, -0.2) is 32.4 Å². The number of aliphatic imine (C=N–C) groups is 1. The normalized spacial score (nSPS) is 18.6. The molecule has 0 spiro atoms. The van der Waals surface area contributed by atoms with Crippen LogP contribution in [0, 0.1) is 0 Å². The number of thioether (sulfide) groups is 1. The van der Waals surface area contributed by atoms with Crippen molar-refractivity contribution in [1.82, 2.24) is 14.8 Å². The van der Waals surface area contributed by atoms with Crippen molar-refractivity contribution in [3.8, 4) is 0 Å². The predicted octanol–water partition coefficient (Wildman–Crippen LogP) is 1.54. The van der Waals surface area contributed by atoms with Crippen molar-refractivity contribution in [2.75, 3.05) is 5.75 Å². The van der Waals surface area contributed by atoms with E-state index < -0.39 is 23.6 Å². The molecule has 9 heteroatoms. The molecule has 0 radical (unpaired) electrons. The summed E-state index contributed by atoms with van der Waals surface area (Å²) in [5.74, 6) is -2.14. The SMILES string of the molecule is CCn1c(SCC(N)=O)nnc1C1CC(F)=NC=C1F. The van der Waals surface area contributed by atoms with Gasteiger partial charge in [0.15, 0.2) is 11.1 Å². The van der Waals surface area contributed by atoms with Crippen LogP contribution in [0.5, 0.6) is 0 Å². The van der Waals surface area contributed by atoms with E-state index in [0.717, 1.165) is 18.0 Å². The Morgan fingerprint density at radius 2 is 2.30 bits per heavy atom. The number of hydrogen-bond acceptors (Lipinski definition) is 5. The maximum Gasteiger partial charge on any atom is 0.227 e. The monoisotopic (exact) mass is 301 g/mol. The summed E-state index contributed by atoms with van der Waals surface area (Å²) in [7, 11) is 0. The Kier molecular flexibility index (Phi) is 4.48. The van der Waals surface area contributed by atoms with Crippen molar-refractivity contribution in [2.24, 2.45) is 10.7 Å². The van der Waals surface area contributed by atoms with Gasteiger partial charge < -0.3 is 10.3 Å². The number of carbonyl (C=O) groups excluding carboxylic acids is 1. The average Bonchev–Trinajstić information content (AvgIpc) is 2.81. The van der Waals surface area contributed by atoms with Gasteiger partial charge in [-0.2, -0.15) is 4.39 Å². The van der Waals surface area contributed by atoms with Gasteiger partial charge in [-0.3, -0.25) is 4.79 Å². The Hall–Kier alpha value is -1.77. The molecule has 108 valence electrons. The van der Waals surface area contributed by atoms with Gasteiger partial charge in [-0.25, -0.2) is 9.38 Å². The standard InChI is InChI=1S/C11H13F2N5OS/c1-2-18-10(6-3-8(13)15-4-7(6)12)16-17-11(18)20-5-9(14)19/h4,6H,2-3,5H2,1H3,(H2,14,19). The van der Waals surface area contributed by atoms with E-state index in [1.807, 2.05) is 6.92 Å². The molecule has 1 amide bonds. The van der Waals surface area contributed by atoms with Crippen LogP contribution in [0.25, 0.3) is 0 Å². The molecule has 0 fully saturated rings. The number of nitrogens with zero attached hydrogens (tertiary/aromatic N) is 4. The van der Waals surface area contributed by atoms with E-state index in [4.69, 9.17) is 5.73 Å². The summed E-state index contributed by atoms with van der Waals surface area (Å²) in [5.41, 5.74) is 5.07. The molecule has 0 saturated heterocycles. The van der Waals surface area contributed by atoms with Crippen molar-refractivity contribution in [2.45, 2.75) is 31.0 Å². The molecule has 1 aromatic rings. The Bertz CT molecular complexity index is 583. The summed E-state index contributed by atoms with van der Waals surface area (Å²) in [5, 5.41) is 8.27.